The second kappa shape index (κ2) is 13.3. The van der Waals surface area contributed by atoms with Crippen molar-refractivity contribution in [3.05, 3.63) is 72.6 Å². The molecular formula is C36H42IrN3O2Si-. The zero-order chi connectivity index (χ0) is 30.2. The van der Waals surface area contributed by atoms with Crippen LogP contribution < -0.4 is 5.19 Å². The van der Waals surface area contributed by atoms with Crippen molar-refractivity contribution < 1.29 is 30.0 Å². The van der Waals surface area contributed by atoms with Crippen molar-refractivity contribution in [1.29, 1.82) is 0 Å². The van der Waals surface area contributed by atoms with Crippen LogP contribution >= 0.6 is 0 Å². The summed E-state index contributed by atoms with van der Waals surface area (Å²) in [6.07, 6.45) is 6.76. The van der Waals surface area contributed by atoms with Crippen molar-refractivity contribution in [2.24, 2.45) is 11.8 Å². The Bertz CT molecular complexity index is 1910. The number of carbonyl (C=O) groups excluding carboxylic acids is 1. The molecule has 5 nitrogen and oxygen atoms in total. The van der Waals surface area contributed by atoms with Crippen LogP contribution in [0.2, 0.25) is 19.6 Å². The van der Waals surface area contributed by atoms with Gasteiger partial charge >= 0.3 is 0 Å². The van der Waals surface area contributed by atoms with E-state index in [1.807, 2.05) is 40.0 Å². The monoisotopic (exact) mass is 769 g/mol. The molecule has 1 radical (unpaired) electrons. The molecule has 0 unspecified atom stereocenters. The Morgan fingerprint density at radius 1 is 0.953 bits per heavy atom. The van der Waals surface area contributed by atoms with E-state index >= 15 is 0 Å². The van der Waals surface area contributed by atoms with E-state index in [9.17, 15) is 9.90 Å². The Labute approximate surface area is 269 Å². The van der Waals surface area contributed by atoms with Crippen molar-refractivity contribution in [3.63, 3.8) is 0 Å². The van der Waals surface area contributed by atoms with E-state index in [0.717, 1.165) is 53.3 Å². The van der Waals surface area contributed by atoms with Crippen LogP contribution in [0.15, 0.2) is 66.6 Å². The fourth-order valence-corrected chi connectivity index (χ4v) is 7.08. The first-order chi connectivity index (χ1) is 20.1. The summed E-state index contributed by atoms with van der Waals surface area (Å²) in [6.45, 7) is 15.2. The van der Waals surface area contributed by atoms with Crippen LogP contribution in [0.1, 0.15) is 53.4 Å². The molecule has 3 heterocycles. The van der Waals surface area contributed by atoms with Crippen molar-refractivity contribution >= 4 is 68.3 Å². The zero-order valence-corrected chi connectivity index (χ0v) is 29.7. The van der Waals surface area contributed by atoms with Gasteiger partial charge in [-0.1, -0.05) is 92.9 Å². The molecule has 0 bridgehead atoms. The summed E-state index contributed by atoms with van der Waals surface area (Å²) in [5, 5.41) is 17.1. The average Bonchev–Trinajstić information content (AvgIpc) is 3.36. The molecule has 0 aliphatic rings. The summed E-state index contributed by atoms with van der Waals surface area (Å²) < 4.78 is 2.20. The Kier molecular flexibility index (Phi) is 10.1. The van der Waals surface area contributed by atoms with Gasteiger partial charge in [0.1, 0.15) is 5.65 Å². The van der Waals surface area contributed by atoms with Crippen LogP contribution in [0.5, 0.6) is 0 Å². The minimum absolute atomic E-state index is 0. The first-order valence-electron chi connectivity index (χ1n) is 15.3. The fraction of sp³-hybridized carbons (Fsp3) is 0.361. The number of fused-ring (bicyclic) bond motifs is 4. The van der Waals surface area contributed by atoms with Gasteiger partial charge in [-0.25, -0.2) is 4.98 Å². The average molecular weight is 769 g/mol. The van der Waals surface area contributed by atoms with Crippen LogP contribution in [0.3, 0.4) is 0 Å². The van der Waals surface area contributed by atoms with Gasteiger partial charge < -0.3 is 9.51 Å². The molecule has 0 spiro atoms. The predicted octanol–water partition coefficient (Wildman–Crippen LogP) is 8.99. The van der Waals surface area contributed by atoms with Crippen LogP contribution in [0.4, 0.5) is 0 Å². The molecule has 1 N–H and O–H groups in total. The molecule has 0 amide bonds. The Balaban J connectivity index is 0.000000230. The first kappa shape index (κ1) is 32.8. The molecule has 0 saturated heterocycles. The number of nitrogens with zero attached hydrogens (tertiary/aromatic N) is 3. The van der Waals surface area contributed by atoms with Gasteiger partial charge in [0.15, 0.2) is 5.78 Å². The number of aliphatic hydroxyl groups is 1. The fourth-order valence-electron chi connectivity index (χ4n) is 5.94. The number of carbonyl (C=O) groups is 1. The number of aromatic nitrogens is 3. The topological polar surface area (TPSA) is 67.5 Å². The molecule has 227 valence electrons. The normalized spacial score (nSPS) is 12.5. The number of hydrogen-bond donors (Lipinski definition) is 1. The molecule has 6 aromatic rings. The Morgan fingerprint density at radius 3 is 2.28 bits per heavy atom. The van der Waals surface area contributed by atoms with Gasteiger partial charge in [0.2, 0.25) is 0 Å². The van der Waals surface area contributed by atoms with Gasteiger partial charge in [-0.2, -0.15) is 0 Å². The third kappa shape index (κ3) is 6.26. The maximum Gasteiger partial charge on any atom is 0.162 e. The molecule has 0 aliphatic carbocycles. The van der Waals surface area contributed by atoms with Crippen LogP contribution in [0.25, 0.3) is 49.3 Å². The van der Waals surface area contributed by atoms with Gasteiger partial charge in [-0.3, -0.25) is 9.78 Å². The molecule has 43 heavy (non-hydrogen) atoms. The Hall–Kier alpha value is -3.12. The second-order valence-corrected chi connectivity index (χ2v) is 17.4. The van der Waals surface area contributed by atoms with E-state index < -0.39 is 8.07 Å². The standard InChI is InChI=1S/C23H18N3Si.C13H24O2.Ir/c1-27(2,3)16-12-18-17-10-14-6-4-5-7-15(14)11-19(17)23-24-9-8-21-25-20(13-16)22(18)26(21)23;1-5-10(6-2)12(14)9-13(15)11(7-3)8-4;/h4-10,12-13H,1-3H3;9-11,14H,5-8H2,1-4H3;/q-1;;/b;12-9-;. The summed E-state index contributed by atoms with van der Waals surface area (Å²) in [5.41, 5.74) is 4.13. The summed E-state index contributed by atoms with van der Waals surface area (Å²) in [7, 11) is -1.48. The van der Waals surface area contributed by atoms with E-state index in [1.54, 1.807) is 0 Å². The van der Waals surface area contributed by atoms with E-state index in [4.69, 9.17) is 9.97 Å². The van der Waals surface area contributed by atoms with E-state index in [-0.39, 0.29) is 43.5 Å². The number of rotatable bonds is 8. The largest absolute Gasteiger partial charge is 0.512 e. The minimum atomic E-state index is -1.48. The molecule has 7 heteroatoms. The number of imidazole rings is 1. The maximum absolute atomic E-state index is 11.7. The second-order valence-electron chi connectivity index (χ2n) is 12.4. The molecule has 0 fully saturated rings. The van der Waals surface area contributed by atoms with E-state index in [1.165, 1.54) is 32.9 Å². The number of ketones is 1. The first-order valence-corrected chi connectivity index (χ1v) is 18.8. The van der Waals surface area contributed by atoms with Crippen LogP contribution in [-0.4, -0.2) is 33.3 Å². The smallest absolute Gasteiger partial charge is 0.162 e. The van der Waals surface area contributed by atoms with Gasteiger partial charge in [0.25, 0.3) is 0 Å². The number of benzene rings is 3. The third-order valence-electron chi connectivity index (χ3n) is 8.66. The number of allylic oxidation sites excluding steroid dienone is 2. The van der Waals surface area contributed by atoms with Gasteiger partial charge in [0.05, 0.1) is 30.5 Å². The summed E-state index contributed by atoms with van der Waals surface area (Å²) in [5.74, 6) is 0.547. The van der Waals surface area contributed by atoms with Crippen molar-refractivity contribution in [2.45, 2.75) is 73.0 Å². The molecule has 6 rings (SSSR count). The zero-order valence-electron chi connectivity index (χ0n) is 26.3. The van der Waals surface area contributed by atoms with Crippen LogP contribution in [0, 0.1) is 17.9 Å². The molecule has 3 aromatic carbocycles. The van der Waals surface area contributed by atoms with Crippen molar-refractivity contribution in [2.75, 3.05) is 0 Å². The quantitative estimate of drug-likeness (QED) is 0.0420. The van der Waals surface area contributed by atoms with E-state index in [2.05, 4.69) is 72.6 Å². The third-order valence-corrected chi connectivity index (χ3v) is 10.7. The van der Waals surface area contributed by atoms with Crippen molar-refractivity contribution in [3.8, 4) is 0 Å². The van der Waals surface area contributed by atoms with Gasteiger partial charge in [-0.15, -0.1) is 23.6 Å². The minimum Gasteiger partial charge on any atom is -0.512 e. The Morgan fingerprint density at radius 2 is 1.63 bits per heavy atom. The van der Waals surface area contributed by atoms with Crippen molar-refractivity contribution in [1.82, 2.24) is 14.4 Å². The summed E-state index contributed by atoms with van der Waals surface area (Å²) >= 11 is 0. The van der Waals surface area contributed by atoms with Gasteiger partial charge in [0, 0.05) is 44.2 Å². The molecule has 0 saturated carbocycles. The summed E-state index contributed by atoms with van der Waals surface area (Å²) in [4.78, 5) is 21.4. The molecule has 3 aromatic heterocycles. The predicted molar refractivity (Wildman–Crippen MR) is 180 cm³/mol. The number of pyridine rings is 1. The summed E-state index contributed by atoms with van der Waals surface area (Å²) in [6, 6.07) is 21.0. The van der Waals surface area contributed by atoms with Crippen LogP contribution in [-0.2, 0) is 24.9 Å². The SMILES string of the molecule is CCC(CC)C(=O)/C=C(\O)C(CC)CC.C[Si](C)(C)c1cc2nc3ccnc4c5[c-]c6ccccc6cc5c(c1)c2n34.[Ir]. The number of hydrogen-bond acceptors (Lipinski definition) is 4. The molecular weight excluding hydrogens is 727 g/mol. The van der Waals surface area contributed by atoms with E-state index in [0.29, 0.717) is 0 Å². The van der Waals surface area contributed by atoms with Gasteiger partial charge in [-0.05, 0) is 43.2 Å². The molecule has 0 atom stereocenters. The number of aliphatic hydroxyl groups excluding tert-OH is 1. The maximum atomic E-state index is 11.7. The molecule has 0 aliphatic heterocycles.